The molecule has 0 saturated heterocycles. The lowest BCUT2D eigenvalue weighted by atomic mass is 10.1. The fourth-order valence-electron chi connectivity index (χ4n) is 1.10. The van der Waals surface area contributed by atoms with Gasteiger partial charge in [-0.3, -0.25) is 9.63 Å². The molecule has 0 spiro atoms. The lowest BCUT2D eigenvalue weighted by Gasteiger charge is -2.18. The third-order valence-electron chi connectivity index (χ3n) is 1.75. The van der Waals surface area contributed by atoms with Crippen LogP contribution in [0.2, 0.25) is 0 Å². The number of aromatic hydroxyl groups is 1. The van der Waals surface area contributed by atoms with Crippen molar-refractivity contribution in [3.05, 3.63) is 29.8 Å². The highest BCUT2D eigenvalue weighted by molar-refractivity contribution is 5.77. The van der Waals surface area contributed by atoms with E-state index in [2.05, 4.69) is 5.48 Å². The molecule has 0 heterocycles. The number of hydrogen-bond acceptors (Lipinski definition) is 3. The number of hydroxylamine groups is 1. The van der Waals surface area contributed by atoms with Crippen LogP contribution in [0.5, 0.6) is 5.75 Å². The lowest BCUT2D eigenvalue weighted by molar-refractivity contribution is -0.144. The van der Waals surface area contributed by atoms with E-state index in [-0.39, 0.29) is 18.1 Å². The third-order valence-corrected chi connectivity index (χ3v) is 1.75. The highest BCUT2D eigenvalue weighted by atomic mass is 16.7. The number of carbonyl (C=O) groups is 1. The molecule has 0 atom stereocenters. The zero-order chi connectivity index (χ0) is 12.2. The molecule has 1 amide bonds. The number of nitrogens with one attached hydrogen (secondary N) is 1. The molecule has 2 N–H and O–H groups in total. The van der Waals surface area contributed by atoms with Gasteiger partial charge in [0.15, 0.2) is 0 Å². The van der Waals surface area contributed by atoms with E-state index in [1.807, 2.05) is 20.8 Å². The Kier molecular flexibility index (Phi) is 3.90. The summed E-state index contributed by atoms with van der Waals surface area (Å²) in [4.78, 5) is 16.6. The minimum atomic E-state index is -0.408. The minimum Gasteiger partial charge on any atom is -0.508 e. The van der Waals surface area contributed by atoms with Gasteiger partial charge in [-0.2, -0.15) is 0 Å². The van der Waals surface area contributed by atoms with Crippen molar-refractivity contribution < 1.29 is 14.7 Å². The van der Waals surface area contributed by atoms with Gasteiger partial charge in [-0.05, 0) is 38.5 Å². The van der Waals surface area contributed by atoms with Crippen LogP contribution >= 0.6 is 0 Å². The normalized spacial score (nSPS) is 11.2. The second-order valence-corrected chi connectivity index (χ2v) is 4.59. The van der Waals surface area contributed by atoms with E-state index in [1.165, 1.54) is 0 Å². The highest BCUT2D eigenvalue weighted by Gasteiger charge is 2.13. The van der Waals surface area contributed by atoms with Crippen molar-refractivity contribution in [3.8, 4) is 5.75 Å². The fourth-order valence-corrected chi connectivity index (χ4v) is 1.10. The fraction of sp³-hybridized carbons (Fsp3) is 0.417. The molecule has 0 aromatic heterocycles. The summed E-state index contributed by atoms with van der Waals surface area (Å²) in [6.45, 7) is 5.55. The molecule has 0 fully saturated rings. The van der Waals surface area contributed by atoms with Crippen LogP contribution in [0.1, 0.15) is 26.3 Å². The molecule has 0 aliphatic rings. The molecule has 0 aliphatic carbocycles. The Balaban J connectivity index is 2.46. The summed E-state index contributed by atoms with van der Waals surface area (Å²) in [7, 11) is 0. The van der Waals surface area contributed by atoms with Gasteiger partial charge < -0.3 is 5.11 Å². The molecular weight excluding hydrogens is 206 g/mol. The Morgan fingerprint density at radius 3 is 2.69 bits per heavy atom. The monoisotopic (exact) mass is 223 g/mol. The highest BCUT2D eigenvalue weighted by Crippen LogP contribution is 2.11. The van der Waals surface area contributed by atoms with Gasteiger partial charge in [0.2, 0.25) is 5.91 Å². The molecule has 1 rings (SSSR count). The first kappa shape index (κ1) is 12.5. The van der Waals surface area contributed by atoms with E-state index in [4.69, 9.17) is 4.84 Å². The van der Waals surface area contributed by atoms with Crippen molar-refractivity contribution >= 4 is 5.91 Å². The van der Waals surface area contributed by atoms with Gasteiger partial charge in [0.05, 0.1) is 12.0 Å². The summed E-state index contributed by atoms with van der Waals surface area (Å²) in [6.07, 6.45) is 0.185. The third kappa shape index (κ3) is 4.79. The molecule has 0 saturated carbocycles. The molecule has 1 aromatic carbocycles. The maximum absolute atomic E-state index is 11.5. The molecule has 0 unspecified atom stereocenters. The van der Waals surface area contributed by atoms with Gasteiger partial charge in [0, 0.05) is 0 Å². The van der Waals surface area contributed by atoms with Crippen molar-refractivity contribution in [1.82, 2.24) is 5.48 Å². The topological polar surface area (TPSA) is 58.6 Å². The van der Waals surface area contributed by atoms with Gasteiger partial charge in [-0.1, -0.05) is 12.1 Å². The maximum atomic E-state index is 11.5. The number of rotatable bonds is 3. The Hall–Kier alpha value is -1.55. The average molecular weight is 223 g/mol. The quantitative estimate of drug-likeness (QED) is 0.768. The van der Waals surface area contributed by atoms with E-state index < -0.39 is 5.60 Å². The smallest absolute Gasteiger partial charge is 0.247 e. The summed E-state index contributed by atoms with van der Waals surface area (Å²) in [5.41, 5.74) is 2.71. The Bertz CT molecular complexity index is 369. The summed E-state index contributed by atoms with van der Waals surface area (Å²) in [5.74, 6) is -0.0810. The molecule has 0 radical (unpaired) electrons. The van der Waals surface area contributed by atoms with Crippen molar-refractivity contribution in [1.29, 1.82) is 0 Å². The molecule has 16 heavy (non-hydrogen) atoms. The van der Waals surface area contributed by atoms with Crippen molar-refractivity contribution in [2.75, 3.05) is 0 Å². The van der Waals surface area contributed by atoms with Gasteiger partial charge in [0.1, 0.15) is 5.75 Å². The largest absolute Gasteiger partial charge is 0.508 e. The Labute approximate surface area is 95.2 Å². The lowest BCUT2D eigenvalue weighted by Crippen LogP contribution is -2.34. The van der Waals surface area contributed by atoms with Gasteiger partial charge in [-0.25, -0.2) is 5.48 Å². The zero-order valence-corrected chi connectivity index (χ0v) is 9.78. The van der Waals surface area contributed by atoms with Crippen LogP contribution in [-0.2, 0) is 16.1 Å². The molecule has 0 bridgehead atoms. The second-order valence-electron chi connectivity index (χ2n) is 4.59. The second kappa shape index (κ2) is 4.99. The number of hydrogen-bond donors (Lipinski definition) is 2. The van der Waals surface area contributed by atoms with E-state index in [0.717, 1.165) is 5.56 Å². The first-order valence-corrected chi connectivity index (χ1v) is 5.11. The molecule has 4 nitrogen and oxygen atoms in total. The number of amides is 1. The summed E-state index contributed by atoms with van der Waals surface area (Å²) >= 11 is 0. The van der Waals surface area contributed by atoms with Crippen LogP contribution in [0.25, 0.3) is 0 Å². The number of phenolic OH excluding ortho intramolecular Hbond substituents is 1. The van der Waals surface area contributed by atoms with E-state index in [1.54, 1.807) is 24.3 Å². The first-order chi connectivity index (χ1) is 7.37. The van der Waals surface area contributed by atoms with Crippen LogP contribution in [0.4, 0.5) is 0 Å². The van der Waals surface area contributed by atoms with Crippen molar-refractivity contribution in [2.45, 2.75) is 32.8 Å². The average Bonchev–Trinajstić information content (AvgIpc) is 2.14. The first-order valence-electron chi connectivity index (χ1n) is 5.11. The molecule has 1 aromatic rings. The van der Waals surface area contributed by atoms with E-state index in [0.29, 0.717) is 0 Å². The van der Waals surface area contributed by atoms with Gasteiger partial charge in [-0.15, -0.1) is 0 Å². The number of carbonyl (C=O) groups excluding carboxylic acids is 1. The summed E-state index contributed by atoms with van der Waals surface area (Å²) in [6, 6.07) is 6.59. The van der Waals surface area contributed by atoms with E-state index in [9.17, 15) is 9.90 Å². The van der Waals surface area contributed by atoms with Crippen LogP contribution in [0, 0.1) is 0 Å². The van der Waals surface area contributed by atoms with Crippen LogP contribution in [-0.4, -0.2) is 16.6 Å². The molecule has 88 valence electrons. The standard InChI is InChI=1S/C12H17NO3/c1-12(2,3)16-13-11(15)8-9-5-4-6-10(14)7-9/h4-7,14H,8H2,1-3H3,(H,13,15). The predicted octanol–water partition coefficient (Wildman–Crippen LogP) is 1.78. The van der Waals surface area contributed by atoms with Crippen LogP contribution in [0.15, 0.2) is 24.3 Å². The SMILES string of the molecule is CC(C)(C)ONC(=O)Cc1cccc(O)c1. The minimum absolute atomic E-state index is 0.155. The van der Waals surface area contributed by atoms with Gasteiger partial charge in [0.25, 0.3) is 0 Å². The summed E-state index contributed by atoms with van der Waals surface area (Å²) < 4.78 is 0. The Morgan fingerprint density at radius 1 is 1.44 bits per heavy atom. The molecule has 4 heteroatoms. The van der Waals surface area contributed by atoms with Crippen molar-refractivity contribution in [2.24, 2.45) is 0 Å². The van der Waals surface area contributed by atoms with Gasteiger partial charge >= 0.3 is 0 Å². The predicted molar refractivity (Wildman–Crippen MR) is 60.8 cm³/mol. The van der Waals surface area contributed by atoms with E-state index >= 15 is 0 Å². The zero-order valence-electron chi connectivity index (χ0n) is 9.78. The van der Waals surface area contributed by atoms with Crippen LogP contribution in [0.3, 0.4) is 0 Å². The van der Waals surface area contributed by atoms with Crippen LogP contribution < -0.4 is 5.48 Å². The number of benzene rings is 1. The molecular formula is C12H17NO3. The Morgan fingerprint density at radius 2 is 2.12 bits per heavy atom. The van der Waals surface area contributed by atoms with Crippen molar-refractivity contribution in [3.63, 3.8) is 0 Å². The molecule has 0 aliphatic heterocycles. The number of phenols is 1. The maximum Gasteiger partial charge on any atom is 0.247 e. The summed E-state index contributed by atoms with van der Waals surface area (Å²) in [5, 5.41) is 9.22.